The van der Waals surface area contributed by atoms with E-state index < -0.39 is 0 Å². The Morgan fingerprint density at radius 2 is 1.88 bits per heavy atom. The Morgan fingerprint density at radius 1 is 1.18 bits per heavy atom. The third-order valence-corrected chi connectivity index (χ3v) is 2.03. The van der Waals surface area contributed by atoms with Gasteiger partial charge in [-0.1, -0.05) is 30.3 Å². The minimum atomic E-state index is 0.897. The summed E-state index contributed by atoms with van der Waals surface area (Å²) in [7, 11) is 1.25. The van der Waals surface area contributed by atoms with E-state index in [0.717, 1.165) is 11.4 Å². The second-order valence-electron chi connectivity index (χ2n) is 3.15. The molecule has 2 nitrogen and oxygen atoms in total. The second kappa shape index (κ2) is 8.68. The van der Waals surface area contributed by atoms with E-state index in [2.05, 4.69) is 38.4 Å². The van der Waals surface area contributed by atoms with Gasteiger partial charge in [-0.05, 0) is 18.6 Å². The van der Waals surface area contributed by atoms with Crippen molar-refractivity contribution in [2.24, 2.45) is 4.99 Å². The van der Waals surface area contributed by atoms with Crippen LogP contribution < -0.4 is 4.98 Å². The molecule has 0 fully saturated rings. The number of aromatic nitrogens is 1. The number of rotatable bonds is 2. The van der Waals surface area contributed by atoms with Crippen LogP contribution in [0.25, 0.3) is 0 Å². The average molecular weight is 402 g/mol. The molecule has 0 saturated carbocycles. The van der Waals surface area contributed by atoms with Crippen molar-refractivity contribution >= 4 is 40.4 Å². The predicted molar refractivity (Wildman–Crippen MR) is 76.0 cm³/mol. The second-order valence-corrected chi connectivity index (χ2v) is 8.14. The van der Waals surface area contributed by atoms with Gasteiger partial charge >= 0.3 is 39.3 Å². The van der Waals surface area contributed by atoms with E-state index in [-0.39, 0.29) is 0 Å². The first-order valence-corrected chi connectivity index (χ1v) is 9.66. The summed E-state index contributed by atoms with van der Waals surface area (Å²) in [6.45, 7) is 2.05. The first-order valence-electron chi connectivity index (χ1n) is 4.77. The monoisotopic (exact) mass is 399 g/mol. The molecule has 0 aliphatic heterocycles. The fraction of sp³-hybridized carbons (Fsp3) is 0.0833. The Balaban J connectivity index is 0.000000437. The van der Waals surface area contributed by atoms with E-state index in [0.29, 0.717) is 0 Å². The maximum absolute atomic E-state index is 4.36. The average Bonchev–Trinajstić information content (AvgIpc) is 2.82. The van der Waals surface area contributed by atoms with Crippen molar-refractivity contribution in [2.75, 3.05) is 0 Å². The first kappa shape index (κ1) is 14.7. The van der Waals surface area contributed by atoms with E-state index in [1.807, 2.05) is 43.3 Å². The zero-order chi connectivity index (χ0) is 12.5. The molecule has 2 aromatic rings. The van der Waals surface area contributed by atoms with Crippen LogP contribution in [0.4, 0.5) is 5.69 Å². The molecule has 0 spiro atoms. The molecule has 2 rings (SSSR count). The van der Waals surface area contributed by atoms with Crippen LogP contribution in [0, 0.1) is 6.92 Å². The van der Waals surface area contributed by atoms with Gasteiger partial charge in [-0.2, -0.15) is 6.20 Å². The molecule has 93 valence electrons. The van der Waals surface area contributed by atoms with Crippen LogP contribution in [-0.2, 0) is 10.9 Å². The molecule has 0 bridgehead atoms. The van der Waals surface area contributed by atoms with Crippen molar-refractivity contribution in [3.8, 4) is 0 Å². The molecule has 1 aromatic carbocycles. The van der Waals surface area contributed by atoms with Crippen molar-refractivity contribution < 1.29 is 10.9 Å². The number of halogens is 2. The first-order chi connectivity index (χ1) is 8.27. The Morgan fingerprint density at radius 3 is 2.47 bits per heavy atom. The van der Waals surface area contributed by atoms with Gasteiger partial charge in [0.15, 0.2) is 0 Å². The summed E-state index contributed by atoms with van der Waals surface area (Å²) in [4.78, 5) is 8.47. The van der Waals surface area contributed by atoms with Crippen LogP contribution in [-0.4, -0.2) is 6.21 Å². The van der Waals surface area contributed by atoms with Gasteiger partial charge in [-0.3, -0.25) is 4.99 Å². The Bertz CT molecular complexity index is 455. The molecule has 0 atom stereocenters. The predicted octanol–water partition coefficient (Wildman–Crippen LogP) is 4.39. The van der Waals surface area contributed by atoms with Gasteiger partial charge in [0.25, 0.3) is 0 Å². The standard InChI is InChI=1S/C12H11N2.2BrH.Ni/c1-10-5-2-3-7-12(10)14-9-11-6-4-8-13-11;;;/h2-9H,1H3;2*1H;/q-1;;;+3/p-2. The molecule has 17 heavy (non-hydrogen) atoms. The summed E-state index contributed by atoms with van der Waals surface area (Å²) in [6.07, 6.45) is 3.54. The van der Waals surface area contributed by atoms with Crippen LogP contribution in [0.5, 0.6) is 0 Å². The number of hydrogen-bond acceptors (Lipinski definition) is 1. The summed E-state index contributed by atoms with van der Waals surface area (Å²) >= 11 is 6.00. The third kappa shape index (κ3) is 5.67. The van der Waals surface area contributed by atoms with E-state index in [9.17, 15) is 0 Å². The topological polar surface area (TPSA) is 26.5 Å². The molecule has 5 heteroatoms. The fourth-order valence-corrected chi connectivity index (χ4v) is 1.23. The van der Waals surface area contributed by atoms with Gasteiger partial charge in [-0.15, -0.1) is 5.69 Å². The summed E-state index contributed by atoms with van der Waals surface area (Å²) in [6, 6.07) is 11.9. The van der Waals surface area contributed by atoms with Gasteiger partial charge in [0.2, 0.25) is 0 Å². The van der Waals surface area contributed by atoms with Gasteiger partial charge in [0, 0.05) is 6.21 Å². The summed E-state index contributed by atoms with van der Waals surface area (Å²) in [5.74, 6) is 0. The molecule has 0 aliphatic rings. The molecule has 0 unspecified atom stereocenters. The third-order valence-electron chi connectivity index (χ3n) is 2.03. The molecule has 0 radical (unpaired) electrons. The van der Waals surface area contributed by atoms with Crippen molar-refractivity contribution in [3.05, 3.63) is 53.9 Å². The van der Waals surface area contributed by atoms with Crippen molar-refractivity contribution in [1.82, 2.24) is 4.98 Å². The Labute approximate surface area is 121 Å². The molecule has 0 N–H and O–H groups in total. The minimum absolute atomic E-state index is 0.897. The molecule has 0 aliphatic carbocycles. The number of benzene rings is 1. The summed E-state index contributed by atoms with van der Waals surface area (Å²) in [5, 5.41) is 0. The molecule has 1 aromatic heterocycles. The molecular formula is C12H11Br2N2Ni. The van der Waals surface area contributed by atoms with Crippen LogP contribution >= 0.6 is 28.5 Å². The quantitative estimate of drug-likeness (QED) is 0.541. The van der Waals surface area contributed by atoms with E-state index >= 15 is 0 Å². The zero-order valence-corrected chi connectivity index (χ0v) is 13.2. The van der Waals surface area contributed by atoms with E-state index in [1.54, 1.807) is 12.4 Å². The summed E-state index contributed by atoms with van der Waals surface area (Å²) < 4.78 is 0. The SMILES string of the molecule is Cc1ccccc1N=Cc1ccc[n-]1.[Br][Ni+][Br]. The molecule has 0 saturated heterocycles. The summed E-state index contributed by atoms with van der Waals surface area (Å²) in [5.41, 5.74) is 3.07. The fourth-order valence-electron chi connectivity index (χ4n) is 1.23. The normalized spacial score (nSPS) is 10.3. The van der Waals surface area contributed by atoms with Crippen LogP contribution in [0.2, 0.25) is 0 Å². The molecule has 0 amide bonds. The van der Waals surface area contributed by atoms with Crippen molar-refractivity contribution in [2.45, 2.75) is 6.92 Å². The van der Waals surface area contributed by atoms with Gasteiger partial charge < -0.3 is 4.98 Å². The zero-order valence-electron chi connectivity index (χ0n) is 9.09. The van der Waals surface area contributed by atoms with E-state index in [4.69, 9.17) is 0 Å². The Kier molecular flexibility index (Phi) is 7.49. The van der Waals surface area contributed by atoms with Gasteiger partial charge in [0.05, 0.1) is 5.69 Å². The van der Waals surface area contributed by atoms with Crippen LogP contribution in [0.1, 0.15) is 11.3 Å². The van der Waals surface area contributed by atoms with Crippen LogP contribution in [0.3, 0.4) is 0 Å². The van der Waals surface area contributed by atoms with E-state index in [1.165, 1.54) is 16.5 Å². The van der Waals surface area contributed by atoms with Crippen molar-refractivity contribution in [3.63, 3.8) is 0 Å². The van der Waals surface area contributed by atoms with Crippen LogP contribution in [0.15, 0.2) is 47.6 Å². The van der Waals surface area contributed by atoms with Gasteiger partial charge in [-0.25, -0.2) is 0 Å². The van der Waals surface area contributed by atoms with Gasteiger partial charge in [0.1, 0.15) is 0 Å². The number of aryl methyl sites for hydroxylation is 1. The van der Waals surface area contributed by atoms with Crippen molar-refractivity contribution in [1.29, 1.82) is 0 Å². The molecule has 1 heterocycles. The number of para-hydroxylation sites is 1. The number of hydrogen-bond donors (Lipinski definition) is 0. The number of aliphatic imine (C=N–C) groups is 1. The number of nitrogens with zero attached hydrogens (tertiary/aromatic N) is 2. The maximum atomic E-state index is 4.36. The molecular weight excluding hydrogens is 391 g/mol. The Hall–Kier alpha value is -0.376.